The van der Waals surface area contributed by atoms with Gasteiger partial charge in [0.25, 0.3) is 0 Å². The second kappa shape index (κ2) is 9.34. The summed E-state index contributed by atoms with van der Waals surface area (Å²) in [5.41, 5.74) is 2.13. The SMILES string of the molecule is COc1cc(F)ccc1-c1ncnc(Nc2cccc(CS(=O)CCO)c2)n1. The molecule has 9 heteroatoms. The van der Waals surface area contributed by atoms with Crippen LogP contribution >= 0.6 is 0 Å². The van der Waals surface area contributed by atoms with Crippen molar-refractivity contribution in [3.63, 3.8) is 0 Å². The van der Waals surface area contributed by atoms with Crippen LogP contribution in [-0.4, -0.2) is 43.7 Å². The Bertz CT molecular complexity index is 987. The molecule has 7 nitrogen and oxygen atoms in total. The Hall–Kier alpha value is -2.91. The van der Waals surface area contributed by atoms with Gasteiger partial charge >= 0.3 is 0 Å². The van der Waals surface area contributed by atoms with E-state index in [1.54, 1.807) is 6.07 Å². The molecule has 3 aromatic rings. The van der Waals surface area contributed by atoms with Crippen LogP contribution in [0.15, 0.2) is 48.8 Å². The summed E-state index contributed by atoms with van der Waals surface area (Å²) in [7, 11) is 0.326. The Morgan fingerprint density at radius 2 is 2.07 bits per heavy atom. The van der Waals surface area contributed by atoms with Gasteiger partial charge in [-0.15, -0.1) is 0 Å². The number of benzene rings is 2. The molecule has 0 aliphatic rings. The molecule has 0 fully saturated rings. The molecule has 0 aliphatic heterocycles. The van der Waals surface area contributed by atoms with E-state index in [0.29, 0.717) is 28.8 Å². The van der Waals surface area contributed by atoms with Crippen molar-refractivity contribution in [2.24, 2.45) is 0 Å². The lowest BCUT2D eigenvalue weighted by Gasteiger charge is -2.10. The number of nitrogens with one attached hydrogen (secondary N) is 1. The van der Waals surface area contributed by atoms with Crippen molar-refractivity contribution in [3.8, 4) is 17.1 Å². The van der Waals surface area contributed by atoms with Gasteiger partial charge in [0, 0.05) is 34.1 Å². The minimum atomic E-state index is -1.12. The summed E-state index contributed by atoms with van der Waals surface area (Å²) in [6.07, 6.45) is 1.35. The number of hydrogen-bond donors (Lipinski definition) is 2. The molecule has 0 bridgehead atoms. The highest BCUT2D eigenvalue weighted by Gasteiger charge is 2.11. The average molecular weight is 402 g/mol. The summed E-state index contributed by atoms with van der Waals surface area (Å²) >= 11 is 0. The van der Waals surface area contributed by atoms with Crippen molar-refractivity contribution in [1.82, 2.24) is 15.0 Å². The minimum absolute atomic E-state index is 0.106. The van der Waals surface area contributed by atoms with Crippen LogP contribution in [0, 0.1) is 5.82 Å². The molecular formula is C19H19FN4O3S. The first-order valence-corrected chi connectivity index (χ1v) is 9.92. The molecule has 2 aromatic carbocycles. The summed E-state index contributed by atoms with van der Waals surface area (Å²) < 4.78 is 30.4. The number of rotatable bonds is 8. The number of anilines is 2. The zero-order chi connectivity index (χ0) is 19.9. The highest BCUT2D eigenvalue weighted by Crippen LogP contribution is 2.28. The summed E-state index contributed by atoms with van der Waals surface area (Å²) in [5, 5.41) is 12.0. The Kier molecular flexibility index (Phi) is 6.62. The first-order chi connectivity index (χ1) is 13.6. The van der Waals surface area contributed by atoms with Gasteiger partial charge in [-0.1, -0.05) is 12.1 Å². The zero-order valence-electron chi connectivity index (χ0n) is 15.1. The molecule has 0 spiro atoms. The van der Waals surface area contributed by atoms with Crippen LogP contribution in [0.4, 0.5) is 16.0 Å². The lowest BCUT2D eigenvalue weighted by atomic mass is 10.2. The maximum atomic E-state index is 13.4. The monoisotopic (exact) mass is 402 g/mol. The number of methoxy groups -OCH3 is 1. The van der Waals surface area contributed by atoms with Gasteiger partial charge in [0.2, 0.25) is 5.95 Å². The second-order valence-electron chi connectivity index (χ2n) is 5.81. The van der Waals surface area contributed by atoms with Crippen LogP contribution < -0.4 is 10.1 Å². The Morgan fingerprint density at radius 3 is 2.86 bits per heavy atom. The third kappa shape index (κ3) is 5.08. The first kappa shape index (κ1) is 19.8. The number of hydrogen-bond acceptors (Lipinski definition) is 7. The van der Waals surface area contributed by atoms with Crippen molar-refractivity contribution in [2.75, 3.05) is 24.8 Å². The smallest absolute Gasteiger partial charge is 0.230 e. The van der Waals surface area contributed by atoms with E-state index in [1.807, 2.05) is 24.3 Å². The molecule has 1 heterocycles. The van der Waals surface area contributed by atoms with E-state index in [1.165, 1.54) is 25.6 Å². The highest BCUT2D eigenvalue weighted by molar-refractivity contribution is 7.84. The number of aliphatic hydroxyl groups excluding tert-OH is 1. The maximum Gasteiger partial charge on any atom is 0.230 e. The van der Waals surface area contributed by atoms with Gasteiger partial charge in [0.1, 0.15) is 17.9 Å². The van der Waals surface area contributed by atoms with E-state index in [4.69, 9.17) is 9.84 Å². The van der Waals surface area contributed by atoms with Crippen molar-refractivity contribution in [1.29, 1.82) is 0 Å². The number of aromatic nitrogens is 3. The number of nitrogens with zero attached hydrogens (tertiary/aromatic N) is 3. The normalized spacial score (nSPS) is 11.8. The molecule has 1 unspecified atom stereocenters. The molecule has 2 N–H and O–H groups in total. The largest absolute Gasteiger partial charge is 0.496 e. The van der Waals surface area contributed by atoms with Gasteiger partial charge in [-0.3, -0.25) is 4.21 Å². The third-order valence-electron chi connectivity index (χ3n) is 3.81. The van der Waals surface area contributed by atoms with Gasteiger partial charge in [-0.2, -0.15) is 4.98 Å². The van der Waals surface area contributed by atoms with Crippen LogP contribution in [-0.2, 0) is 16.6 Å². The van der Waals surface area contributed by atoms with Crippen LogP contribution in [0.25, 0.3) is 11.4 Å². The molecule has 1 atom stereocenters. The molecular weight excluding hydrogens is 383 g/mol. The van der Waals surface area contributed by atoms with Gasteiger partial charge < -0.3 is 15.2 Å². The lowest BCUT2D eigenvalue weighted by Crippen LogP contribution is -2.05. The van der Waals surface area contributed by atoms with Crippen molar-refractivity contribution in [3.05, 3.63) is 60.2 Å². The molecule has 146 valence electrons. The van der Waals surface area contributed by atoms with Crippen molar-refractivity contribution < 1.29 is 18.4 Å². The molecule has 3 rings (SSSR count). The van der Waals surface area contributed by atoms with E-state index >= 15 is 0 Å². The van der Waals surface area contributed by atoms with E-state index in [-0.39, 0.29) is 12.4 Å². The quantitative estimate of drug-likeness (QED) is 0.598. The van der Waals surface area contributed by atoms with E-state index in [9.17, 15) is 8.60 Å². The fraction of sp³-hybridized carbons (Fsp3) is 0.211. The number of halogens is 1. The average Bonchev–Trinajstić information content (AvgIpc) is 2.68. The molecule has 0 radical (unpaired) electrons. The second-order valence-corrected chi connectivity index (χ2v) is 7.39. The van der Waals surface area contributed by atoms with Gasteiger partial charge in [-0.05, 0) is 29.8 Å². The minimum Gasteiger partial charge on any atom is -0.496 e. The number of aliphatic hydroxyl groups is 1. The van der Waals surface area contributed by atoms with Crippen molar-refractivity contribution >= 4 is 22.4 Å². The molecule has 0 aliphatic carbocycles. The molecule has 1 aromatic heterocycles. The number of ether oxygens (including phenoxy) is 1. The van der Waals surface area contributed by atoms with Crippen molar-refractivity contribution in [2.45, 2.75) is 5.75 Å². The van der Waals surface area contributed by atoms with Gasteiger partial charge in [0.15, 0.2) is 5.82 Å². The zero-order valence-corrected chi connectivity index (χ0v) is 15.9. The van der Waals surface area contributed by atoms with E-state index in [2.05, 4.69) is 20.3 Å². The summed E-state index contributed by atoms with van der Waals surface area (Å²) in [4.78, 5) is 12.6. The lowest BCUT2D eigenvalue weighted by molar-refractivity contribution is 0.321. The predicted octanol–water partition coefficient (Wildman–Crippen LogP) is 2.67. The standard InChI is InChI=1S/C19H19FN4O3S/c1-27-17-10-14(20)5-6-16(17)18-21-12-22-19(24-18)23-15-4-2-3-13(9-15)11-28(26)8-7-25/h2-6,9-10,12,25H,7-8,11H2,1H3,(H,21,22,23,24). The predicted molar refractivity (Wildman–Crippen MR) is 105 cm³/mol. The topological polar surface area (TPSA) is 97.2 Å². The first-order valence-electron chi connectivity index (χ1n) is 8.44. The Labute approximate surface area is 164 Å². The van der Waals surface area contributed by atoms with Crippen LogP contribution in [0.1, 0.15) is 5.56 Å². The Balaban J connectivity index is 1.81. The van der Waals surface area contributed by atoms with Crippen LogP contribution in [0.3, 0.4) is 0 Å². The van der Waals surface area contributed by atoms with Gasteiger partial charge in [0.05, 0.1) is 19.3 Å². The molecule has 0 saturated heterocycles. The molecule has 28 heavy (non-hydrogen) atoms. The van der Waals surface area contributed by atoms with E-state index < -0.39 is 16.6 Å². The highest BCUT2D eigenvalue weighted by atomic mass is 32.2. The molecule has 0 saturated carbocycles. The third-order valence-corrected chi connectivity index (χ3v) is 5.10. The van der Waals surface area contributed by atoms with Crippen LogP contribution in [0.2, 0.25) is 0 Å². The fourth-order valence-corrected chi connectivity index (χ4v) is 3.46. The summed E-state index contributed by atoms with van der Waals surface area (Å²) in [6.45, 7) is -0.106. The van der Waals surface area contributed by atoms with Gasteiger partial charge in [-0.25, -0.2) is 14.4 Å². The molecule has 0 amide bonds. The summed E-state index contributed by atoms with van der Waals surface area (Å²) in [6, 6.07) is 11.5. The summed E-state index contributed by atoms with van der Waals surface area (Å²) in [5.74, 6) is 1.16. The Morgan fingerprint density at radius 1 is 1.21 bits per heavy atom. The maximum absolute atomic E-state index is 13.4. The van der Waals surface area contributed by atoms with Crippen LogP contribution in [0.5, 0.6) is 5.75 Å². The fourth-order valence-electron chi connectivity index (χ4n) is 2.56. The van der Waals surface area contributed by atoms with E-state index in [0.717, 1.165) is 11.3 Å².